The third kappa shape index (κ3) is 2.68. The van der Waals surface area contributed by atoms with Crippen LogP contribution < -0.4 is 10.0 Å². The van der Waals surface area contributed by atoms with Gasteiger partial charge in [-0.05, 0) is 42.3 Å². The zero-order chi connectivity index (χ0) is 16.7. The summed E-state index contributed by atoms with van der Waals surface area (Å²) in [6.45, 7) is 1.18. The summed E-state index contributed by atoms with van der Waals surface area (Å²) in [6, 6.07) is 8.40. The molecule has 3 aromatic rings. The number of fused-ring (bicyclic) bond motifs is 1. The minimum absolute atomic E-state index is 0.126. The van der Waals surface area contributed by atoms with E-state index >= 15 is 0 Å². The molecule has 1 aromatic carbocycles. The molecule has 8 nitrogen and oxygen atoms in total. The van der Waals surface area contributed by atoms with Crippen molar-refractivity contribution < 1.29 is 17.4 Å². The zero-order valence-electron chi connectivity index (χ0n) is 12.5. The largest absolute Gasteiger partial charge is 0.461 e. The van der Waals surface area contributed by atoms with Gasteiger partial charge in [0.2, 0.25) is 21.7 Å². The number of rotatable bonds is 4. The third-order valence-electron chi connectivity index (χ3n) is 3.91. The molecule has 0 amide bonds. The number of primary sulfonamides is 1. The first-order valence-electron chi connectivity index (χ1n) is 7.28. The second-order valence-corrected chi connectivity index (χ2v) is 7.06. The first-order chi connectivity index (χ1) is 11.5. The Morgan fingerprint density at radius 2 is 2.17 bits per heavy atom. The fourth-order valence-electron chi connectivity index (χ4n) is 2.78. The minimum atomic E-state index is -3.69. The lowest BCUT2D eigenvalue weighted by molar-refractivity contribution is 0.376. The molecule has 1 aliphatic rings. The average molecular weight is 346 g/mol. The molecule has 4 rings (SSSR count). The van der Waals surface area contributed by atoms with Gasteiger partial charge in [0.1, 0.15) is 0 Å². The van der Waals surface area contributed by atoms with E-state index < -0.39 is 10.0 Å². The van der Waals surface area contributed by atoms with Crippen molar-refractivity contribution in [1.82, 2.24) is 10.1 Å². The van der Waals surface area contributed by atoms with Gasteiger partial charge in [0.05, 0.1) is 17.7 Å². The standard InChI is InChI=1S/C15H14N4O4S/c16-24(20,21)11-3-4-12-10(8-11)5-6-19(12)9-14-17-15(18-23-14)13-2-1-7-22-13/h1-4,7-8H,5-6,9H2,(H2,16,20,21). The van der Waals surface area contributed by atoms with E-state index in [0.717, 1.165) is 24.2 Å². The molecule has 1 aliphatic heterocycles. The highest BCUT2D eigenvalue weighted by Crippen LogP contribution is 2.31. The lowest BCUT2D eigenvalue weighted by atomic mass is 10.2. The van der Waals surface area contributed by atoms with Gasteiger partial charge in [0, 0.05) is 12.2 Å². The van der Waals surface area contributed by atoms with Crippen LogP contribution in [0.3, 0.4) is 0 Å². The van der Waals surface area contributed by atoms with Crippen molar-refractivity contribution in [2.75, 3.05) is 11.4 Å². The van der Waals surface area contributed by atoms with Crippen molar-refractivity contribution in [2.45, 2.75) is 17.9 Å². The van der Waals surface area contributed by atoms with Crippen molar-refractivity contribution in [3.8, 4) is 11.6 Å². The van der Waals surface area contributed by atoms with E-state index in [0.29, 0.717) is 24.0 Å². The molecule has 0 bridgehead atoms. The topological polar surface area (TPSA) is 115 Å². The number of aromatic nitrogens is 2. The number of sulfonamides is 1. The number of benzene rings is 1. The number of nitrogens with zero attached hydrogens (tertiary/aromatic N) is 3. The lowest BCUT2D eigenvalue weighted by Gasteiger charge is -2.16. The fourth-order valence-corrected chi connectivity index (χ4v) is 3.34. The van der Waals surface area contributed by atoms with E-state index in [1.807, 2.05) is 0 Å². The molecule has 2 N–H and O–H groups in total. The highest BCUT2D eigenvalue weighted by atomic mass is 32.2. The second kappa shape index (κ2) is 5.46. The van der Waals surface area contributed by atoms with Crippen LogP contribution in [-0.4, -0.2) is 25.1 Å². The van der Waals surface area contributed by atoms with Crippen LogP contribution in [0.5, 0.6) is 0 Å². The molecule has 0 aliphatic carbocycles. The molecule has 24 heavy (non-hydrogen) atoms. The van der Waals surface area contributed by atoms with Crippen LogP contribution in [0.25, 0.3) is 11.6 Å². The molecule has 3 heterocycles. The van der Waals surface area contributed by atoms with Crippen LogP contribution in [0.4, 0.5) is 5.69 Å². The van der Waals surface area contributed by atoms with E-state index in [2.05, 4.69) is 15.0 Å². The van der Waals surface area contributed by atoms with Gasteiger partial charge in [-0.1, -0.05) is 5.16 Å². The SMILES string of the molecule is NS(=O)(=O)c1ccc2c(c1)CCN2Cc1nc(-c2ccco2)no1. The summed E-state index contributed by atoms with van der Waals surface area (Å²) in [5.74, 6) is 1.41. The highest BCUT2D eigenvalue weighted by molar-refractivity contribution is 7.89. The molecule has 0 unspecified atom stereocenters. The first kappa shape index (κ1) is 14.9. The zero-order valence-corrected chi connectivity index (χ0v) is 13.4. The van der Waals surface area contributed by atoms with Gasteiger partial charge in [-0.2, -0.15) is 4.98 Å². The first-order valence-corrected chi connectivity index (χ1v) is 8.82. The molecule has 0 fully saturated rings. The summed E-state index contributed by atoms with van der Waals surface area (Å²) in [5.41, 5.74) is 1.88. The monoisotopic (exact) mass is 346 g/mol. The number of furan rings is 1. The third-order valence-corrected chi connectivity index (χ3v) is 4.82. The van der Waals surface area contributed by atoms with Crippen molar-refractivity contribution in [3.05, 3.63) is 48.0 Å². The molecule has 0 atom stereocenters. The summed E-state index contributed by atoms with van der Waals surface area (Å²) in [4.78, 5) is 6.50. The molecule has 0 saturated carbocycles. The molecule has 0 spiro atoms. The quantitative estimate of drug-likeness (QED) is 0.761. The van der Waals surface area contributed by atoms with Crippen molar-refractivity contribution >= 4 is 15.7 Å². The van der Waals surface area contributed by atoms with Crippen molar-refractivity contribution in [2.24, 2.45) is 5.14 Å². The van der Waals surface area contributed by atoms with Crippen LogP contribution in [0.1, 0.15) is 11.5 Å². The van der Waals surface area contributed by atoms with E-state index in [1.165, 1.54) is 6.07 Å². The number of anilines is 1. The van der Waals surface area contributed by atoms with Crippen LogP contribution in [-0.2, 0) is 23.0 Å². The lowest BCUT2D eigenvalue weighted by Crippen LogP contribution is -2.20. The summed E-state index contributed by atoms with van der Waals surface area (Å²) in [6.07, 6.45) is 2.28. The van der Waals surface area contributed by atoms with Crippen LogP contribution in [0, 0.1) is 0 Å². The summed E-state index contributed by atoms with van der Waals surface area (Å²) < 4.78 is 33.4. The maximum absolute atomic E-state index is 11.4. The Morgan fingerprint density at radius 3 is 2.92 bits per heavy atom. The predicted molar refractivity (Wildman–Crippen MR) is 84.6 cm³/mol. The number of hydrogen-bond donors (Lipinski definition) is 1. The minimum Gasteiger partial charge on any atom is -0.461 e. The van der Waals surface area contributed by atoms with Crippen molar-refractivity contribution in [1.29, 1.82) is 0 Å². The average Bonchev–Trinajstić information content (AvgIpc) is 3.26. The Morgan fingerprint density at radius 1 is 1.29 bits per heavy atom. The van der Waals surface area contributed by atoms with Gasteiger partial charge in [0.15, 0.2) is 5.76 Å². The molecule has 124 valence electrons. The predicted octanol–water partition coefficient (Wildman–Crippen LogP) is 1.54. The van der Waals surface area contributed by atoms with E-state index in [-0.39, 0.29) is 4.90 Å². The summed E-state index contributed by atoms with van der Waals surface area (Å²) >= 11 is 0. The second-order valence-electron chi connectivity index (χ2n) is 5.50. The van der Waals surface area contributed by atoms with E-state index in [1.54, 1.807) is 30.5 Å². The molecule has 0 saturated heterocycles. The molecule has 2 aromatic heterocycles. The Bertz CT molecular complexity index is 979. The number of nitrogens with two attached hydrogens (primary N) is 1. The fraction of sp³-hybridized carbons (Fsp3) is 0.200. The van der Waals surface area contributed by atoms with Crippen LogP contribution in [0.2, 0.25) is 0 Å². The van der Waals surface area contributed by atoms with Gasteiger partial charge in [-0.3, -0.25) is 0 Å². The molecular formula is C15H14N4O4S. The summed E-state index contributed by atoms with van der Waals surface area (Å²) in [5, 5.41) is 9.08. The smallest absolute Gasteiger partial charge is 0.246 e. The molecule has 9 heteroatoms. The Balaban J connectivity index is 1.56. The highest BCUT2D eigenvalue weighted by Gasteiger charge is 2.23. The Hall–Kier alpha value is -2.65. The van der Waals surface area contributed by atoms with Gasteiger partial charge >= 0.3 is 0 Å². The van der Waals surface area contributed by atoms with E-state index in [4.69, 9.17) is 14.1 Å². The van der Waals surface area contributed by atoms with Gasteiger partial charge in [0.25, 0.3) is 0 Å². The summed E-state index contributed by atoms with van der Waals surface area (Å²) in [7, 11) is -3.69. The Kier molecular flexibility index (Phi) is 3.39. The maximum atomic E-state index is 11.4. The van der Waals surface area contributed by atoms with Gasteiger partial charge in [-0.15, -0.1) is 0 Å². The maximum Gasteiger partial charge on any atom is 0.246 e. The molecular weight excluding hydrogens is 332 g/mol. The van der Waals surface area contributed by atoms with Crippen LogP contribution in [0.15, 0.2) is 50.4 Å². The van der Waals surface area contributed by atoms with E-state index in [9.17, 15) is 8.42 Å². The molecule has 0 radical (unpaired) electrons. The van der Waals surface area contributed by atoms with Gasteiger partial charge in [-0.25, -0.2) is 13.6 Å². The normalized spacial score (nSPS) is 14.1. The van der Waals surface area contributed by atoms with Crippen LogP contribution >= 0.6 is 0 Å². The number of hydrogen-bond acceptors (Lipinski definition) is 7. The van der Waals surface area contributed by atoms with Gasteiger partial charge < -0.3 is 13.8 Å². The van der Waals surface area contributed by atoms with Crippen molar-refractivity contribution in [3.63, 3.8) is 0 Å². The Labute approximate surface area is 137 Å².